The van der Waals surface area contributed by atoms with E-state index in [0.717, 1.165) is 0 Å². The predicted octanol–water partition coefficient (Wildman–Crippen LogP) is -5.51. The standard InChI is InChI=1S/C49H93N19O12/c1-9-25(6)35(66-38(71)28(50)15-12-18-58-47(52)53)44(77)65-33(23-69)42(75)63-32(22-34(51)70)41(74)61-29(16-13-19-59-48(54)55)39(72)67-37(27(8)11-3)45(78)68-36(26(7)10-2)43(76)64-31(21-24(4)5)40(73)62-30(46(79)80)17-14-20-60-49(56)57/h24-33,35-37,69H,9-23,50H2,1-8H3,(H2,51,70)(H,61,74)(H,62,73)(H,63,75)(H,64,76)(H,65,77)(H,66,71)(H,67,72)(H,68,78)(H,79,80)(H4,52,53,58)(H4,54,55,59)(H4,56,57,60)/t25-,26-,27-,28-,29-,30-,31-,32-,33-,35-,36-,37-/m0/s1. The summed E-state index contributed by atoms with van der Waals surface area (Å²) in [5.41, 5.74) is 43.9. The van der Waals surface area contributed by atoms with Crippen LogP contribution in [0.15, 0.2) is 15.0 Å². The monoisotopic (exact) mass is 1140 g/mol. The summed E-state index contributed by atoms with van der Waals surface area (Å²) in [6.07, 6.45) is 0.850. The molecule has 0 saturated carbocycles. The molecule has 0 rings (SSSR count). The first kappa shape index (κ1) is 72.4. The number of aliphatic hydroxyl groups excluding tert-OH is 1. The van der Waals surface area contributed by atoms with E-state index < -0.39 is 144 Å². The lowest BCUT2D eigenvalue weighted by atomic mass is 9.94. The van der Waals surface area contributed by atoms with E-state index in [9.17, 15) is 58.2 Å². The minimum Gasteiger partial charge on any atom is -0.480 e. The normalized spacial score (nSPS) is 15.5. The maximum atomic E-state index is 14.4. The molecule has 9 amide bonds. The number of nitrogens with one attached hydrogen (secondary N) is 8. The molecule has 0 aliphatic carbocycles. The molecule has 456 valence electrons. The zero-order valence-corrected chi connectivity index (χ0v) is 47.5. The topological polar surface area (TPSA) is 553 Å². The SMILES string of the molecule is CC[C@H](C)[C@H](NC(=O)[C@H](CCCN=C(N)N)NC(=O)[C@H](CC(N)=O)NC(=O)[C@H](CO)NC(=O)[C@@H](NC(=O)[C@@H](N)CCCN=C(N)N)[C@@H](C)CC)C(=O)N[C@H](C(=O)N[C@@H](CC(C)C)C(=O)N[C@@H](CCCN=C(N)N)C(=O)O)[C@@H](C)CC. The van der Waals surface area contributed by atoms with Crippen LogP contribution >= 0.6 is 0 Å². The van der Waals surface area contributed by atoms with E-state index in [4.69, 9.17) is 45.9 Å². The third kappa shape index (κ3) is 28.4. The summed E-state index contributed by atoms with van der Waals surface area (Å²) in [5, 5.41) is 40.4. The largest absolute Gasteiger partial charge is 0.480 e. The summed E-state index contributed by atoms with van der Waals surface area (Å²) < 4.78 is 0. The minimum atomic E-state index is -1.81. The van der Waals surface area contributed by atoms with Gasteiger partial charge < -0.3 is 98.6 Å². The average molecular weight is 1140 g/mol. The second-order valence-electron chi connectivity index (χ2n) is 20.2. The van der Waals surface area contributed by atoms with E-state index in [-0.39, 0.29) is 82.0 Å². The number of nitrogens with two attached hydrogens (primary N) is 8. The van der Waals surface area contributed by atoms with E-state index in [1.54, 1.807) is 55.4 Å². The Morgan fingerprint density at radius 2 is 0.750 bits per heavy atom. The second kappa shape index (κ2) is 38.1. The Kier molecular flexibility index (Phi) is 34.5. The lowest BCUT2D eigenvalue weighted by molar-refractivity contribution is -0.142. The van der Waals surface area contributed by atoms with Gasteiger partial charge in [-0.2, -0.15) is 0 Å². The molecule has 0 heterocycles. The Balaban J connectivity index is 6.76. The maximum Gasteiger partial charge on any atom is 0.326 e. The van der Waals surface area contributed by atoms with Gasteiger partial charge in [0.15, 0.2) is 17.9 Å². The summed E-state index contributed by atoms with van der Waals surface area (Å²) in [6, 6.07) is -12.6. The van der Waals surface area contributed by atoms with E-state index in [1.165, 1.54) is 0 Å². The number of aliphatic carboxylic acids is 1. The molecule has 0 unspecified atom stereocenters. The van der Waals surface area contributed by atoms with Gasteiger partial charge in [0, 0.05) is 19.6 Å². The second-order valence-corrected chi connectivity index (χ2v) is 20.2. The molecule has 0 bridgehead atoms. The van der Waals surface area contributed by atoms with Crippen LogP contribution in [0.2, 0.25) is 0 Å². The minimum absolute atomic E-state index is 0.0292. The van der Waals surface area contributed by atoms with E-state index in [0.29, 0.717) is 25.7 Å². The van der Waals surface area contributed by atoms with Crippen LogP contribution in [-0.2, 0) is 47.9 Å². The van der Waals surface area contributed by atoms with E-state index >= 15 is 0 Å². The van der Waals surface area contributed by atoms with Crippen LogP contribution in [0.25, 0.3) is 0 Å². The number of nitrogens with zero attached hydrogens (tertiary/aromatic N) is 3. The van der Waals surface area contributed by atoms with Gasteiger partial charge in [0.25, 0.3) is 0 Å². The Bertz CT molecular complexity index is 2130. The quantitative estimate of drug-likeness (QED) is 0.0155. The van der Waals surface area contributed by atoms with E-state index in [1.807, 2.05) is 0 Å². The van der Waals surface area contributed by atoms with Crippen molar-refractivity contribution < 1.29 is 58.2 Å². The van der Waals surface area contributed by atoms with Crippen LogP contribution in [0.5, 0.6) is 0 Å². The number of guanidine groups is 3. The molecular formula is C49H93N19O12. The molecule has 0 radical (unpaired) electrons. The molecule has 31 heteroatoms. The van der Waals surface area contributed by atoms with Crippen molar-refractivity contribution in [3.63, 3.8) is 0 Å². The Morgan fingerprint density at radius 1 is 0.425 bits per heavy atom. The zero-order valence-electron chi connectivity index (χ0n) is 47.5. The first-order valence-corrected chi connectivity index (χ1v) is 26.9. The summed E-state index contributed by atoms with van der Waals surface area (Å²) in [5.74, 6) is -12.0. The molecule has 0 saturated heterocycles. The van der Waals surface area contributed by atoms with Crippen LogP contribution in [-0.4, -0.2) is 168 Å². The number of hydrogen-bond donors (Lipinski definition) is 18. The Morgan fingerprint density at radius 3 is 1.15 bits per heavy atom. The van der Waals surface area contributed by atoms with Gasteiger partial charge in [-0.1, -0.05) is 74.7 Å². The fourth-order valence-electron chi connectivity index (χ4n) is 7.69. The number of aliphatic imine (C=N–C) groups is 3. The highest BCUT2D eigenvalue weighted by Gasteiger charge is 2.38. The molecule has 0 aliphatic heterocycles. The molecule has 0 fully saturated rings. The van der Waals surface area contributed by atoms with Crippen molar-refractivity contribution >= 4 is 77.0 Å². The molecule has 0 aromatic carbocycles. The van der Waals surface area contributed by atoms with Crippen LogP contribution in [0, 0.1) is 23.7 Å². The molecule has 0 aromatic heterocycles. The summed E-state index contributed by atoms with van der Waals surface area (Å²) in [7, 11) is 0. The van der Waals surface area contributed by atoms with Gasteiger partial charge in [-0.05, 0) is 68.6 Å². The number of primary amides is 1. The van der Waals surface area contributed by atoms with Gasteiger partial charge in [0.05, 0.1) is 19.1 Å². The predicted molar refractivity (Wildman–Crippen MR) is 300 cm³/mol. The van der Waals surface area contributed by atoms with Crippen molar-refractivity contribution in [3.8, 4) is 0 Å². The van der Waals surface area contributed by atoms with Crippen molar-refractivity contribution in [2.45, 2.75) is 180 Å². The first-order valence-electron chi connectivity index (χ1n) is 26.9. The Labute approximate surface area is 467 Å². The zero-order chi connectivity index (χ0) is 61.4. The van der Waals surface area contributed by atoms with Gasteiger partial charge in [-0.15, -0.1) is 0 Å². The molecule has 26 N–H and O–H groups in total. The van der Waals surface area contributed by atoms with Crippen molar-refractivity contribution in [1.82, 2.24) is 42.5 Å². The lowest BCUT2D eigenvalue weighted by Crippen LogP contribution is -2.62. The number of carbonyl (C=O) groups is 10. The number of carboxylic acid groups (broad SMARTS) is 1. The van der Waals surface area contributed by atoms with Gasteiger partial charge >= 0.3 is 5.97 Å². The number of amides is 9. The molecule has 0 aliphatic rings. The third-order valence-corrected chi connectivity index (χ3v) is 13.0. The smallest absolute Gasteiger partial charge is 0.326 e. The lowest BCUT2D eigenvalue weighted by Gasteiger charge is -2.31. The maximum absolute atomic E-state index is 14.4. The molecule has 12 atom stereocenters. The number of aliphatic hydroxyl groups is 1. The van der Waals surface area contributed by atoms with Gasteiger partial charge in [-0.25, -0.2) is 4.79 Å². The van der Waals surface area contributed by atoms with Gasteiger partial charge in [-0.3, -0.25) is 58.1 Å². The highest BCUT2D eigenvalue weighted by molar-refractivity contribution is 5.99. The van der Waals surface area contributed by atoms with Crippen LogP contribution < -0.4 is 88.4 Å². The number of carbonyl (C=O) groups excluding carboxylic acids is 9. The fraction of sp³-hybridized carbons (Fsp3) is 0.735. The van der Waals surface area contributed by atoms with Crippen molar-refractivity contribution in [2.24, 2.45) is 84.5 Å². The summed E-state index contributed by atoms with van der Waals surface area (Å²) >= 11 is 0. The van der Waals surface area contributed by atoms with Crippen LogP contribution in [0.1, 0.15) is 126 Å². The van der Waals surface area contributed by atoms with Gasteiger partial charge in [0.1, 0.15) is 48.3 Å². The molecule has 0 spiro atoms. The number of rotatable bonds is 40. The Hall–Kier alpha value is -7.57. The highest BCUT2D eigenvalue weighted by atomic mass is 16.4. The average Bonchev–Trinajstić information content (AvgIpc) is 3.38. The van der Waals surface area contributed by atoms with Crippen molar-refractivity contribution in [1.29, 1.82) is 0 Å². The fourth-order valence-corrected chi connectivity index (χ4v) is 7.69. The van der Waals surface area contributed by atoms with Crippen molar-refractivity contribution in [3.05, 3.63) is 0 Å². The number of hydrogen-bond acceptors (Lipinski definition) is 15. The molecule has 0 aromatic rings. The first-order chi connectivity index (χ1) is 37.4. The highest BCUT2D eigenvalue weighted by Crippen LogP contribution is 2.16. The molecule has 80 heavy (non-hydrogen) atoms. The molecular weight excluding hydrogens is 1050 g/mol. The third-order valence-electron chi connectivity index (χ3n) is 13.0. The van der Waals surface area contributed by atoms with Crippen LogP contribution in [0.3, 0.4) is 0 Å². The summed E-state index contributed by atoms with van der Waals surface area (Å²) in [6.45, 7) is 13.1. The van der Waals surface area contributed by atoms with E-state index in [2.05, 4.69) is 57.5 Å². The molecule has 31 nitrogen and oxygen atoms in total. The number of carboxylic acids is 1. The van der Waals surface area contributed by atoms with Crippen LogP contribution in [0.4, 0.5) is 0 Å². The van der Waals surface area contributed by atoms with Crippen molar-refractivity contribution in [2.75, 3.05) is 26.2 Å². The van der Waals surface area contributed by atoms with Gasteiger partial charge in [0.2, 0.25) is 53.2 Å². The summed E-state index contributed by atoms with van der Waals surface area (Å²) in [4.78, 5) is 147.